The predicted octanol–water partition coefficient (Wildman–Crippen LogP) is 2.23. The molecular weight excluding hydrogens is 240 g/mol. The third kappa shape index (κ3) is 2.32. The van der Waals surface area contributed by atoms with E-state index >= 15 is 0 Å². The van der Waals surface area contributed by atoms with Gasteiger partial charge in [-0.3, -0.25) is 0 Å². The SMILES string of the molecule is NC1=N[C@H](c2cc(F)ccc2C(F)(F)F)CO1. The van der Waals surface area contributed by atoms with Gasteiger partial charge in [0, 0.05) is 0 Å². The highest BCUT2D eigenvalue weighted by Crippen LogP contribution is 2.37. The van der Waals surface area contributed by atoms with E-state index in [2.05, 4.69) is 4.99 Å². The van der Waals surface area contributed by atoms with E-state index in [0.29, 0.717) is 6.07 Å². The second-order valence-electron chi connectivity index (χ2n) is 3.52. The quantitative estimate of drug-likeness (QED) is 0.775. The molecule has 17 heavy (non-hydrogen) atoms. The number of halogens is 4. The highest BCUT2D eigenvalue weighted by atomic mass is 19.4. The molecule has 2 rings (SSSR count). The topological polar surface area (TPSA) is 47.6 Å². The zero-order valence-corrected chi connectivity index (χ0v) is 8.46. The van der Waals surface area contributed by atoms with Crippen molar-refractivity contribution in [2.75, 3.05) is 6.61 Å². The number of benzene rings is 1. The van der Waals surface area contributed by atoms with Crippen LogP contribution in [0.1, 0.15) is 17.2 Å². The summed E-state index contributed by atoms with van der Waals surface area (Å²) < 4.78 is 55.8. The number of aliphatic imine (C=N–C) groups is 1. The second kappa shape index (κ2) is 3.90. The fraction of sp³-hybridized carbons (Fsp3) is 0.300. The first-order valence-electron chi connectivity index (χ1n) is 4.70. The van der Waals surface area contributed by atoms with Crippen LogP contribution in [0.4, 0.5) is 17.6 Å². The molecule has 1 aliphatic heterocycles. The first-order chi connectivity index (χ1) is 7.88. The molecule has 0 saturated heterocycles. The molecule has 0 amide bonds. The molecule has 7 heteroatoms. The van der Waals surface area contributed by atoms with E-state index in [-0.39, 0.29) is 18.2 Å². The summed E-state index contributed by atoms with van der Waals surface area (Å²) in [5.41, 5.74) is 4.02. The lowest BCUT2D eigenvalue weighted by atomic mass is 10.0. The van der Waals surface area contributed by atoms with Gasteiger partial charge in [-0.15, -0.1) is 0 Å². The molecule has 3 nitrogen and oxygen atoms in total. The normalized spacial score (nSPS) is 20.0. The van der Waals surface area contributed by atoms with Crippen molar-refractivity contribution >= 4 is 6.02 Å². The van der Waals surface area contributed by atoms with Crippen LogP contribution in [0, 0.1) is 5.82 Å². The van der Waals surface area contributed by atoms with Crippen LogP contribution in [0.15, 0.2) is 23.2 Å². The summed E-state index contributed by atoms with van der Waals surface area (Å²) in [5, 5.41) is 0. The monoisotopic (exact) mass is 248 g/mol. The van der Waals surface area contributed by atoms with Gasteiger partial charge in [-0.2, -0.15) is 13.2 Å². The summed E-state index contributed by atoms with van der Waals surface area (Å²) >= 11 is 0. The first kappa shape index (κ1) is 11.7. The summed E-state index contributed by atoms with van der Waals surface area (Å²) in [6, 6.07) is 1.15. The van der Waals surface area contributed by atoms with Crippen LogP contribution in [0.25, 0.3) is 0 Å². The zero-order chi connectivity index (χ0) is 12.6. The molecule has 0 fully saturated rings. The summed E-state index contributed by atoms with van der Waals surface area (Å²) in [4.78, 5) is 3.68. The Kier molecular flexibility index (Phi) is 2.68. The van der Waals surface area contributed by atoms with Crippen LogP contribution in [-0.2, 0) is 10.9 Å². The highest BCUT2D eigenvalue weighted by Gasteiger charge is 2.36. The molecule has 0 spiro atoms. The Morgan fingerprint density at radius 3 is 2.59 bits per heavy atom. The second-order valence-corrected chi connectivity index (χ2v) is 3.52. The van der Waals surface area contributed by atoms with Crippen LogP contribution < -0.4 is 5.73 Å². The maximum Gasteiger partial charge on any atom is 0.416 e. The maximum atomic E-state index is 13.0. The van der Waals surface area contributed by atoms with E-state index in [0.717, 1.165) is 12.1 Å². The Morgan fingerprint density at radius 1 is 1.35 bits per heavy atom. The molecule has 0 aliphatic carbocycles. The molecule has 2 N–H and O–H groups in total. The van der Waals surface area contributed by atoms with E-state index in [1.54, 1.807) is 0 Å². The Bertz CT molecular complexity index is 470. The Hall–Kier alpha value is -1.79. The fourth-order valence-corrected chi connectivity index (χ4v) is 1.62. The minimum absolute atomic E-state index is 0.113. The summed E-state index contributed by atoms with van der Waals surface area (Å²) in [6.45, 7) is -0.113. The van der Waals surface area contributed by atoms with Crippen molar-refractivity contribution in [1.82, 2.24) is 0 Å². The molecule has 0 aromatic heterocycles. The molecule has 1 atom stereocenters. The molecule has 92 valence electrons. The number of nitrogens with zero attached hydrogens (tertiary/aromatic N) is 1. The zero-order valence-electron chi connectivity index (χ0n) is 8.46. The summed E-state index contributed by atoms with van der Waals surface area (Å²) in [7, 11) is 0. The fourth-order valence-electron chi connectivity index (χ4n) is 1.62. The van der Waals surface area contributed by atoms with Crippen molar-refractivity contribution in [2.24, 2.45) is 10.7 Å². The number of amidine groups is 1. The van der Waals surface area contributed by atoms with Gasteiger partial charge in [0.05, 0.1) is 5.56 Å². The van der Waals surface area contributed by atoms with Crippen LogP contribution in [-0.4, -0.2) is 12.6 Å². The maximum absolute atomic E-state index is 13.0. The molecule has 0 unspecified atom stereocenters. The molecule has 1 aromatic carbocycles. The summed E-state index contributed by atoms with van der Waals surface area (Å²) in [5.74, 6) is -0.756. The van der Waals surface area contributed by atoms with E-state index in [1.807, 2.05) is 0 Å². The molecule has 0 bridgehead atoms. The van der Waals surface area contributed by atoms with Gasteiger partial charge in [-0.1, -0.05) is 0 Å². The van der Waals surface area contributed by atoms with Crippen molar-refractivity contribution in [3.8, 4) is 0 Å². The van der Waals surface area contributed by atoms with Crippen LogP contribution in [0.3, 0.4) is 0 Å². The average Bonchev–Trinajstić information content (AvgIpc) is 2.62. The van der Waals surface area contributed by atoms with Crippen molar-refractivity contribution in [3.63, 3.8) is 0 Å². The lowest BCUT2D eigenvalue weighted by Gasteiger charge is -2.14. The van der Waals surface area contributed by atoms with Gasteiger partial charge in [0.1, 0.15) is 18.5 Å². The van der Waals surface area contributed by atoms with E-state index in [4.69, 9.17) is 10.5 Å². The number of hydrogen-bond donors (Lipinski definition) is 1. The van der Waals surface area contributed by atoms with Crippen LogP contribution in [0.5, 0.6) is 0 Å². The van der Waals surface area contributed by atoms with Gasteiger partial charge in [0.25, 0.3) is 6.02 Å². The van der Waals surface area contributed by atoms with E-state index in [9.17, 15) is 17.6 Å². The molecule has 1 heterocycles. The minimum atomic E-state index is -4.56. The van der Waals surface area contributed by atoms with Crippen molar-refractivity contribution in [3.05, 3.63) is 35.1 Å². The number of hydrogen-bond acceptors (Lipinski definition) is 3. The standard InChI is InChI=1S/C10H8F4N2O/c11-5-1-2-7(10(12,13)14)6(3-5)8-4-17-9(15)16-8/h1-3,8H,4H2,(H2,15,16)/t8-/m0/s1. The van der Waals surface area contributed by atoms with Gasteiger partial charge in [0.2, 0.25) is 0 Å². The lowest BCUT2D eigenvalue weighted by molar-refractivity contribution is -0.138. The number of rotatable bonds is 1. The van der Waals surface area contributed by atoms with E-state index < -0.39 is 23.6 Å². The molecule has 1 aromatic rings. The third-order valence-corrected chi connectivity index (χ3v) is 2.35. The summed E-state index contributed by atoms with van der Waals surface area (Å²) in [6.07, 6.45) is -4.56. The average molecular weight is 248 g/mol. The van der Waals surface area contributed by atoms with Gasteiger partial charge in [-0.05, 0) is 23.8 Å². The number of alkyl halides is 3. The van der Waals surface area contributed by atoms with Crippen LogP contribution in [0.2, 0.25) is 0 Å². The first-order valence-corrected chi connectivity index (χ1v) is 4.70. The van der Waals surface area contributed by atoms with Crippen molar-refractivity contribution in [1.29, 1.82) is 0 Å². The molecular formula is C10H8F4N2O. The van der Waals surface area contributed by atoms with Gasteiger partial charge in [0.15, 0.2) is 0 Å². The molecule has 0 radical (unpaired) electrons. The predicted molar refractivity (Wildman–Crippen MR) is 51.7 cm³/mol. The van der Waals surface area contributed by atoms with Crippen LogP contribution >= 0.6 is 0 Å². The number of nitrogens with two attached hydrogens (primary N) is 1. The van der Waals surface area contributed by atoms with Crippen molar-refractivity contribution in [2.45, 2.75) is 12.2 Å². The third-order valence-electron chi connectivity index (χ3n) is 2.35. The Labute approximate surface area is 93.9 Å². The Balaban J connectivity index is 2.48. The van der Waals surface area contributed by atoms with Gasteiger partial charge in [-0.25, -0.2) is 9.38 Å². The van der Waals surface area contributed by atoms with Crippen molar-refractivity contribution < 1.29 is 22.3 Å². The highest BCUT2D eigenvalue weighted by molar-refractivity contribution is 5.73. The Morgan fingerprint density at radius 2 is 2.06 bits per heavy atom. The smallest absolute Gasteiger partial charge is 0.416 e. The van der Waals surface area contributed by atoms with Gasteiger partial charge < -0.3 is 10.5 Å². The largest absolute Gasteiger partial charge is 0.463 e. The molecule has 0 saturated carbocycles. The minimum Gasteiger partial charge on any atom is -0.463 e. The molecule has 1 aliphatic rings. The van der Waals surface area contributed by atoms with Gasteiger partial charge >= 0.3 is 6.18 Å². The van der Waals surface area contributed by atoms with E-state index in [1.165, 1.54) is 0 Å². The number of ether oxygens (including phenoxy) is 1. The lowest BCUT2D eigenvalue weighted by Crippen LogP contribution is -2.12.